The summed E-state index contributed by atoms with van der Waals surface area (Å²) in [5, 5.41) is 13.5. The van der Waals surface area contributed by atoms with Crippen LogP contribution in [-0.4, -0.2) is 100 Å². The third-order valence-corrected chi connectivity index (χ3v) is 9.24. The number of piperazine rings is 1. The van der Waals surface area contributed by atoms with Gasteiger partial charge in [-0.05, 0) is 37.0 Å². The van der Waals surface area contributed by atoms with Crippen molar-refractivity contribution in [2.45, 2.75) is 56.9 Å². The largest absolute Gasteiger partial charge is 0.445 e. The Balaban J connectivity index is 0.995. The number of carbonyl (C=O) groups excluding carboxylic acids is 5. The van der Waals surface area contributed by atoms with Gasteiger partial charge in [-0.25, -0.2) is 9.18 Å². The predicted molar refractivity (Wildman–Crippen MR) is 158 cm³/mol. The van der Waals surface area contributed by atoms with Crippen LogP contribution in [0.15, 0.2) is 42.5 Å². The van der Waals surface area contributed by atoms with Crippen molar-refractivity contribution in [3.05, 3.63) is 65.0 Å². The summed E-state index contributed by atoms with van der Waals surface area (Å²) in [5.41, 5.74) is 0.357. The van der Waals surface area contributed by atoms with Crippen molar-refractivity contribution in [3.63, 3.8) is 0 Å². The highest BCUT2D eigenvalue weighted by molar-refractivity contribution is 6.05. The van der Waals surface area contributed by atoms with Gasteiger partial charge in [-0.2, -0.15) is 0 Å². The van der Waals surface area contributed by atoms with Crippen LogP contribution in [0.2, 0.25) is 0 Å². The monoisotopic (exact) mass is 621 g/mol. The number of rotatable bonds is 6. The highest BCUT2D eigenvalue weighted by Gasteiger charge is 2.42. The van der Waals surface area contributed by atoms with Gasteiger partial charge in [-0.1, -0.05) is 30.3 Å². The van der Waals surface area contributed by atoms with Crippen molar-refractivity contribution in [1.29, 1.82) is 0 Å². The van der Waals surface area contributed by atoms with Crippen LogP contribution in [-0.2, 0) is 32.3 Å². The van der Waals surface area contributed by atoms with Gasteiger partial charge >= 0.3 is 6.09 Å². The zero-order valence-corrected chi connectivity index (χ0v) is 24.9. The fourth-order valence-electron chi connectivity index (χ4n) is 6.52. The normalized spacial score (nSPS) is 21.5. The highest BCUT2D eigenvalue weighted by Crippen LogP contribution is 2.36. The Morgan fingerprint density at radius 3 is 2.33 bits per heavy atom. The summed E-state index contributed by atoms with van der Waals surface area (Å²) in [6, 6.07) is 11.7. The fraction of sp³-hybridized carbons (Fsp3) is 0.469. The molecule has 3 saturated heterocycles. The molecule has 12 nitrogen and oxygen atoms in total. The molecule has 1 atom stereocenters. The molecule has 2 N–H and O–H groups in total. The molecule has 3 fully saturated rings. The number of ether oxygens (including phenoxy) is 1. The first kappa shape index (κ1) is 30.5. The molecule has 0 aromatic heterocycles. The smallest absolute Gasteiger partial charge is 0.410 e. The van der Waals surface area contributed by atoms with Crippen molar-refractivity contribution in [3.8, 4) is 0 Å². The van der Waals surface area contributed by atoms with Gasteiger partial charge in [0.15, 0.2) is 5.82 Å². The molecule has 5 amide bonds. The van der Waals surface area contributed by atoms with Crippen LogP contribution in [0.5, 0.6) is 0 Å². The lowest BCUT2D eigenvalue weighted by Gasteiger charge is -2.41. The molecule has 4 aliphatic rings. The van der Waals surface area contributed by atoms with Crippen molar-refractivity contribution in [2.75, 3.05) is 44.2 Å². The second kappa shape index (κ2) is 12.5. The number of aliphatic hydroxyl groups is 1. The summed E-state index contributed by atoms with van der Waals surface area (Å²) < 4.78 is 21.2. The lowest BCUT2D eigenvalue weighted by atomic mass is 9.87. The van der Waals surface area contributed by atoms with Gasteiger partial charge in [0, 0.05) is 56.8 Å². The van der Waals surface area contributed by atoms with Gasteiger partial charge in [0.25, 0.3) is 5.91 Å². The summed E-state index contributed by atoms with van der Waals surface area (Å²) in [4.78, 5) is 68.8. The Morgan fingerprint density at radius 1 is 0.956 bits per heavy atom. The van der Waals surface area contributed by atoms with Gasteiger partial charge in [0.1, 0.15) is 12.6 Å². The van der Waals surface area contributed by atoms with E-state index in [4.69, 9.17) is 4.74 Å². The van der Waals surface area contributed by atoms with Gasteiger partial charge in [0.2, 0.25) is 17.7 Å². The molecular weight excluding hydrogens is 585 g/mol. The molecule has 6 rings (SSSR count). The quantitative estimate of drug-likeness (QED) is 0.466. The second-order valence-electron chi connectivity index (χ2n) is 12.1. The molecule has 238 valence electrons. The Bertz CT molecular complexity index is 1500. The molecule has 1 unspecified atom stereocenters. The zero-order valence-electron chi connectivity index (χ0n) is 24.9. The number of nitrogens with zero attached hydrogens (tertiary/aromatic N) is 4. The number of imide groups is 1. The van der Waals surface area contributed by atoms with E-state index in [9.17, 15) is 29.1 Å². The molecule has 0 spiro atoms. The minimum atomic E-state index is -1.24. The second-order valence-corrected chi connectivity index (χ2v) is 12.1. The number of halogens is 1. The van der Waals surface area contributed by atoms with E-state index in [1.807, 2.05) is 30.3 Å². The molecule has 4 aliphatic heterocycles. The molecule has 0 bridgehead atoms. The minimum Gasteiger partial charge on any atom is -0.445 e. The summed E-state index contributed by atoms with van der Waals surface area (Å²) >= 11 is 0. The van der Waals surface area contributed by atoms with Gasteiger partial charge < -0.3 is 29.4 Å². The molecule has 45 heavy (non-hydrogen) atoms. The number of hydrogen-bond donors (Lipinski definition) is 2. The van der Waals surface area contributed by atoms with Gasteiger partial charge in [-0.3, -0.25) is 24.5 Å². The first-order valence-electron chi connectivity index (χ1n) is 15.3. The first-order chi connectivity index (χ1) is 21.6. The highest BCUT2D eigenvalue weighted by atomic mass is 19.1. The average molecular weight is 622 g/mol. The summed E-state index contributed by atoms with van der Waals surface area (Å²) in [6.07, 6.45) is 0.318. The van der Waals surface area contributed by atoms with Gasteiger partial charge in [0.05, 0.1) is 24.3 Å². The number of nitrogens with one attached hydrogen (secondary N) is 1. The van der Waals surface area contributed by atoms with E-state index in [2.05, 4.69) is 5.32 Å². The fourth-order valence-corrected chi connectivity index (χ4v) is 6.52. The van der Waals surface area contributed by atoms with Crippen molar-refractivity contribution < 1.29 is 38.2 Å². The van der Waals surface area contributed by atoms with E-state index < -0.39 is 35.4 Å². The lowest BCUT2D eigenvalue weighted by Crippen LogP contribution is -2.53. The van der Waals surface area contributed by atoms with Crippen LogP contribution >= 0.6 is 0 Å². The maximum atomic E-state index is 15.8. The molecular formula is C32H36FN5O7. The summed E-state index contributed by atoms with van der Waals surface area (Å²) in [6.45, 7) is 2.10. The van der Waals surface area contributed by atoms with Crippen LogP contribution in [0.1, 0.15) is 53.6 Å². The standard InChI is InChI=1S/C32H36FN5O7/c33-28-23-19-38(25-8-9-26(39)34-29(25)41)30(42)22(23)6-7-24(28)35-12-10-32(44,11-13-35)18-27(40)36-14-16-37(17-15-36)31(43)45-20-21-4-2-1-3-5-21/h1-7,25,44H,8-20H2,(H,34,39,41). The molecule has 2 aromatic carbocycles. The van der Waals surface area contributed by atoms with E-state index in [-0.39, 0.29) is 68.2 Å². The Morgan fingerprint density at radius 2 is 1.64 bits per heavy atom. The van der Waals surface area contributed by atoms with E-state index in [0.29, 0.717) is 45.0 Å². The number of benzene rings is 2. The van der Waals surface area contributed by atoms with E-state index in [1.165, 1.54) is 4.90 Å². The van der Waals surface area contributed by atoms with Crippen molar-refractivity contribution >= 4 is 35.4 Å². The van der Waals surface area contributed by atoms with E-state index in [0.717, 1.165) is 5.56 Å². The van der Waals surface area contributed by atoms with E-state index in [1.54, 1.807) is 26.8 Å². The average Bonchev–Trinajstić information content (AvgIpc) is 3.37. The number of fused-ring (bicyclic) bond motifs is 1. The zero-order chi connectivity index (χ0) is 31.7. The van der Waals surface area contributed by atoms with Crippen LogP contribution in [0.25, 0.3) is 0 Å². The van der Waals surface area contributed by atoms with E-state index >= 15 is 4.39 Å². The predicted octanol–water partition coefficient (Wildman–Crippen LogP) is 1.79. The number of hydrogen-bond acceptors (Lipinski definition) is 8. The van der Waals surface area contributed by atoms with Crippen LogP contribution in [0.3, 0.4) is 0 Å². The number of piperidine rings is 2. The Hall–Kier alpha value is -4.52. The number of amides is 5. The summed E-state index contributed by atoms with van der Waals surface area (Å²) in [5.74, 6) is -2.13. The first-order valence-corrected chi connectivity index (χ1v) is 15.3. The summed E-state index contributed by atoms with van der Waals surface area (Å²) in [7, 11) is 0. The molecule has 0 saturated carbocycles. The molecule has 4 heterocycles. The number of anilines is 1. The maximum absolute atomic E-state index is 15.8. The van der Waals surface area contributed by atoms with Crippen molar-refractivity contribution in [2.24, 2.45) is 0 Å². The SMILES string of the molecule is O=C1CCC(N2Cc3c(ccc(N4CCC(O)(CC(=O)N5CCN(C(=O)OCc6ccccc6)CC5)CC4)c3F)C2=O)C(=O)N1. The Labute approximate surface area is 259 Å². The lowest BCUT2D eigenvalue weighted by molar-refractivity contribution is -0.139. The van der Waals surface area contributed by atoms with Crippen LogP contribution in [0, 0.1) is 5.82 Å². The van der Waals surface area contributed by atoms with Crippen molar-refractivity contribution in [1.82, 2.24) is 20.0 Å². The third-order valence-electron chi connectivity index (χ3n) is 9.24. The number of carbonyl (C=O) groups is 5. The third kappa shape index (κ3) is 6.35. The van der Waals surface area contributed by atoms with Crippen LogP contribution in [0.4, 0.5) is 14.9 Å². The Kier molecular flexibility index (Phi) is 8.45. The van der Waals surface area contributed by atoms with Crippen LogP contribution < -0.4 is 10.2 Å². The topological polar surface area (TPSA) is 140 Å². The molecule has 0 radical (unpaired) electrons. The molecule has 2 aromatic rings. The minimum absolute atomic E-state index is 0.0651. The molecule has 13 heteroatoms. The molecule has 0 aliphatic carbocycles. The maximum Gasteiger partial charge on any atom is 0.410 e. The van der Waals surface area contributed by atoms with Gasteiger partial charge in [-0.15, -0.1) is 0 Å².